The van der Waals surface area contributed by atoms with Crippen LogP contribution >= 0.6 is 0 Å². The molecule has 4 aliphatic rings. The van der Waals surface area contributed by atoms with E-state index in [1.807, 2.05) is 80.3 Å². The fourth-order valence-corrected chi connectivity index (χ4v) is 10.2. The molecule has 2 aliphatic carbocycles. The van der Waals surface area contributed by atoms with Crippen molar-refractivity contribution in [2.24, 2.45) is 23.2 Å². The van der Waals surface area contributed by atoms with Gasteiger partial charge >= 0.3 is 0 Å². The number of methoxy groups -OCH3 is 1. The Morgan fingerprint density at radius 2 is 1.75 bits per heavy atom. The van der Waals surface area contributed by atoms with Crippen molar-refractivity contribution in [2.75, 3.05) is 26.7 Å². The third kappa shape index (κ3) is 9.18. The molecule has 1 aromatic heterocycles. The summed E-state index contributed by atoms with van der Waals surface area (Å²) in [4.78, 5) is 65.5. The van der Waals surface area contributed by atoms with E-state index in [0.29, 0.717) is 59.9 Å². The Labute approximate surface area is 353 Å². The van der Waals surface area contributed by atoms with Gasteiger partial charge < -0.3 is 24.6 Å². The summed E-state index contributed by atoms with van der Waals surface area (Å²) in [5, 5.41) is 2.96. The molecule has 13 nitrogen and oxygen atoms in total. The summed E-state index contributed by atoms with van der Waals surface area (Å²) < 4.78 is 40.2. The van der Waals surface area contributed by atoms with E-state index in [2.05, 4.69) is 23.5 Å². The lowest BCUT2D eigenvalue weighted by molar-refractivity contribution is -0.149. The smallest absolute Gasteiger partial charge is 0.259 e. The number of sulfonamides is 1. The molecule has 2 aliphatic heterocycles. The average molecular weight is 842 g/mol. The van der Waals surface area contributed by atoms with E-state index < -0.39 is 62.0 Å². The molecule has 60 heavy (non-hydrogen) atoms. The van der Waals surface area contributed by atoms with Crippen LogP contribution in [0.4, 0.5) is 0 Å². The molecule has 14 heteroatoms. The molecular weight excluding hydrogens is 783 g/mol. The van der Waals surface area contributed by atoms with E-state index in [1.54, 1.807) is 7.11 Å². The maximum Gasteiger partial charge on any atom is 0.259 e. The average Bonchev–Trinajstić information content (AvgIpc) is 4.16. The number of ether oxygens (including phenoxy) is 2. The lowest BCUT2D eigenvalue weighted by Gasteiger charge is -2.37. The highest BCUT2D eigenvalue weighted by molar-refractivity contribution is 7.91. The predicted octanol–water partition coefficient (Wildman–Crippen LogP) is 6.02. The molecule has 2 unspecified atom stereocenters. The Hall–Kier alpha value is -4.98. The second kappa shape index (κ2) is 17.2. The Bertz CT molecular complexity index is 2230. The molecule has 3 heterocycles. The molecule has 2 aromatic carbocycles. The van der Waals surface area contributed by atoms with Gasteiger partial charge in [0.1, 0.15) is 29.2 Å². The van der Waals surface area contributed by atoms with Crippen LogP contribution in [0.3, 0.4) is 0 Å². The van der Waals surface area contributed by atoms with E-state index >= 15 is 4.79 Å². The largest absolute Gasteiger partial charge is 0.497 e. The molecule has 2 saturated heterocycles. The van der Waals surface area contributed by atoms with Crippen LogP contribution in [0.5, 0.6) is 11.5 Å². The van der Waals surface area contributed by atoms with Crippen LogP contribution in [0.2, 0.25) is 0 Å². The number of hydrogen-bond acceptors (Lipinski definition) is 9. The second-order valence-corrected chi connectivity index (χ2v) is 20.1. The van der Waals surface area contributed by atoms with E-state index in [9.17, 15) is 22.8 Å². The Morgan fingerprint density at radius 3 is 2.37 bits per heavy atom. The maximum absolute atomic E-state index is 15.0. The maximum atomic E-state index is 15.0. The molecule has 0 radical (unpaired) electrons. The molecule has 2 N–H and O–H groups in total. The van der Waals surface area contributed by atoms with Crippen molar-refractivity contribution in [1.29, 1.82) is 0 Å². The van der Waals surface area contributed by atoms with Crippen molar-refractivity contribution in [3.05, 3.63) is 67.3 Å². The lowest BCUT2D eigenvalue weighted by Crippen LogP contribution is -2.57. The zero-order chi connectivity index (χ0) is 43.0. The number of benzene rings is 2. The number of likely N-dealkylation sites (tertiary alicyclic amines) is 2. The molecule has 2 saturated carbocycles. The summed E-state index contributed by atoms with van der Waals surface area (Å²) in [6.45, 7) is 13.1. The first-order chi connectivity index (χ1) is 28.6. The number of pyridine rings is 1. The van der Waals surface area contributed by atoms with Gasteiger partial charge in [0, 0.05) is 54.9 Å². The topological polar surface area (TPSA) is 164 Å². The normalized spacial score (nSPS) is 23.8. The van der Waals surface area contributed by atoms with Gasteiger partial charge in [-0.3, -0.25) is 23.9 Å². The van der Waals surface area contributed by atoms with Gasteiger partial charge in [-0.2, -0.15) is 0 Å². The van der Waals surface area contributed by atoms with Gasteiger partial charge in [0.05, 0.1) is 36.0 Å². The highest BCUT2D eigenvalue weighted by Gasteiger charge is 2.62. The number of hydrogen-bond donors (Lipinski definition) is 2. The Balaban J connectivity index is 1.19. The SMILES string of the molecule is C=CC1CC1(NC(=O)[C@@H]1C[C@@H](Oc2cc(-c3ccccc3)nc3cc(OC)ccc23)CN1C(=O)[C@@H](CC(=O)N1CCC(CCC)CC1)C(C)(C)C)C(=O)NS(=O)(=O)C1CC1. The summed E-state index contributed by atoms with van der Waals surface area (Å²) in [6, 6.07) is 15.9. The first kappa shape index (κ1) is 43.1. The molecule has 7 rings (SSSR count). The third-order valence-electron chi connectivity index (χ3n) is 12.8. The van der Waals surface area contributed by atoms with Gasteiger partial charge in [0.25, 0.3) is 5.91 Å². The lowest BCUT2D eigenvalue weighted by atomic mass is 9.77. The van der Waals surface area contributed by atoms with Crippen LogP contribution in [0.1, 0.15) is 85.5 Å². The summed E-state index contributed by atoms with van der Waals surface area (Å²) in [6.07, 6.45) is 6.13. The number of aromatic nitrogens is 1. The fraction of sp³-hybridized carbons (Fsp3) is 0.543. The first-order valence-electron chi connectivity index (χ1n) is 21.4. The molecular formula is C46H59N5O8S. The van der Waals surface area contributed by atoms with Crippen LogP contribution in [0, 0.1) is 23.2 Å². The number of rotatable bonds is 15. The van der Waals surface area contributed by atoms with Gasteiger partial charge in [-0.25, -0.2) is 13.4 Å². The molecule has 5 atom stereocenters. The second-order valence-electron chi connectivity index (χ2n) is 18.2. The van der Waals surface area contributed by atoms with Crippen LogP contribution in [-0.4, -0.2) is 96.5 Å². The minimum atomic E-state index is -3.90. The van der Waals surface area contributed by atoms with Gasteiger partial charge in [-0.1, -0.05) is 76.9 Å². The van der Waals surface area contributed by atoms with E-state index in [-0.39, 0.29) is 37.6 Å². The van der Waals surface area contributed by atoms with Crippen molar-refractivity contribution in [3.8, 4) is 22.8 Å². The number of nitrogens with one attached hydrogen (secondary N) is 2. The van der Waals surface area contributed by atoms with E-state index in [1.165, 1.54) is 11.0 Å². The minimum absolute atomic E-state index is 0.0156. The Morgan fingerprint density at radius 1 is 1.03 bits per heavy atom. The van der Waals surface area contributed by atoms with Gasteiger partial charge in [0.15, 0.2) is 0 Å². The predicted molar refractivity (Wildman–Crippen MR) is 229 cm³/mol. The number of nitrogens with zero attached hydrogens (tertiary/aromatic N) is 3. The number of fused-ring (bicyclic) bond motifs is 1. The highest BCUT2D eigenvalue weighted by atomic mass is 32.2. The van der Waals surface area contributed by atoms with Crippen molar-refractivity contribution >= 4 is 44.6 Å². The molecule has 322 valence electrons. The van der Waals surface area contributed by atoms with Crippen molar-refractivity contribution in [1.82, 2.24) is 24.8 Å². The fourth-order valence-electron chi connectivity index (χ4n) is 8.88. The molecule has 3 aromatic rings. The third-order valence-corrected chi connectivity index (χ3v) is 14.6. The van der Waals surface area contributed by atoms with Crippen molar-refractivity contribution < 1.29 is 37.1 Å². The Kier molecular flexibility index (Phi) is 12.3. The number of carbonyl (C=O) groups is 4. The summed E-state index contributed by atoms with van der Waals surface area (Å²) in [5.41, 5.74) is -0.0265. The molecule has 0 bridgehead atoms. The van der Waals surface area contributed by atoms with Crippen molar-refractivity contribution in [3.63, 3.8) is 0 Å². The summed E-state index contributed by atoms with van der Waals surface area (Å²) >= 11 is 0. The standard InChI is InChI=1S/C46H59N5O8S/c1-7-12-29-19-21-50(22-20-29)41(52)25-36(45(3,4)5)43(54)51-28-33(24-39(51)42(53)48-46(27-31(46)8-2)44(55)49-60(56,57)34-16-17-34)59-40-26-37(30-13-10-9-11-14-30)47-38-23-32(58-6)15-18-35(38)40/h8-11,13-15,18,23,26,29,31,33-34,36,39H,2,7,12,16-17,19-22,24-25,27-28H2,1,3-6H3,(H,48,53)(H,49,55)/t31?,33-,36-,39+,46?/m1/s1. The monoisotopic (exact) mass is 841 g/mol. The van der Waals surface area contributed by atoms with Crippen molar-refractivity contribution in [2.45, 2.75) is 108 Å². The van der Waals surface area contributed by atoms with Crippen LogP contribution in [0.25, 0.3) is 22.2 Å². The molecule has 0 spiro atoms. The summed E-state index contributed by atoms with van der Waals surface area (Å²) in [7, 11) is -2.32. The molecule has 4 fully saturated rings. The number of carbonyl (C=O) groups excluding carboxylic acids is 4. The van der Waals surface area contributed by atoms with Gasteiger partial charge in [0.2, 0.25) is 27.7 Å². The van der Waals surface area contributed by atoms with E-state index in [4.69, 9.17) is 14.5 Å². The zero-order valence-electron chi connectivity index (χ0n) is 35.4. The zero-order valence-corrected chi connectivity index (χ0v) is 36.3. The quantitative estimate of drug-likeness (QED) is 0.174. The number of amides is 4. The minimum Gasteiger partial charge on any atom is -0.497 e. The van der Waals surface area contributed by atoms with Gasteiger partial charge in [-0.05, 0) is 55.6 Å². The highest BCUT2D eigenvalue weighted by Crippen LogP contribution is 2.46. The number of piperidine rings is 1. The first-order valence-corrected chi connectivity index (χ1v) is 22.9. The summed E-state index contributed by atoms with van der Waals surface area (Å²) in [5.74, 6) is -1.43. The van der Waals surface area contributed by atoms with Crippen LogP contribution in [0.15, 0.2) is 67.3 Å². The molecule has 4 amide bonds. The van der Waals surface area contributed by atoms with Crippen LogP contribution in [-0.2, 0) is 29.2 Å². The van der Waals surface area contributed by atoms with E-state index in [0.717, 1.165) is 31.2 Å². The van der Waals surface area contributed by atoms with Gasteiger partial charge in [-0.15, -0.1) is 6.58 Å². The van der Waals surface area contributed by atoms with Crippen LogP contribution < -0.4 is 19.5 Å².